The second-order valence-corrected chi connectivity index (χ2v) is 8.52. The number of nitrogens with one attached hydrogen (secondary N) is 1. The average Bonchev–Trinajstić information content (AvgIpc) is 3.20. The summed E-state index contributed by atoms with van der Waals surface area (Å²) in [6.07, 6.45) is 5.36. The summed E-state index contributed by atoms with van der Waals surface area (Å²) in [6, 6.07) is 10.5. The van der Waals surface area contributed by atoms with Crippen molar-refractivity contribution in [3.8, 4) is 5.88 Å². The molecule has 0 aliphatic rings. The summed E-state index contributed by atoms with van der Waals surface area (Å²) in [5.41, 5.74) is 3.61. The number of nitrogens with zero attached hydrogens (tertiary/aromatic N) is 2. The number of pyridine rings is 1. The van der Waals surface area contributed by atoms with Gasteiger partial charge in [-0.05, 0) is 48.1 Å². The first-order chi connectivity index (χ1) is 15.8. The molecule has 0 aliphatic heterocycles. The van der Waals surface area contributed by atoms with Crippen LogP contribution in [-0.2, 0) is 24.2 Å². The molecule has 0 saturated heterocycles. The van der Waals surface area contributed by atoms with Crippen molar-refractivity contribution in [3.05, 3.63) is 76.2 Å². The van der Waals surface area contributed by atoms with Crippen LogP contribution in [0.3, 0.4) is 0 Å². The molecule has 8 heteroatoms. The number of benzene rings is 1. The number of methoxy groups -OCH3 is 1. The third kappa shape index (κ3) is 6.35. The Labute approximate surface area is 198 Å². The minimum Gasteiger partial charge on any atom is -0.481 e. The molecule has 0 fully saturated rings. The summed E-state index contributed by atoms with van der Waals surface area (Å²) < 4.78 is 7.21. The molecule has 2 aromatic heterocycles. The zero-order chi connectivity index (χ0) is 24.0. The van der Waals surface area contributed by atoms with Gasteiger partial charge < -0.3 is 19.7 Å². The van der Waals surface area contributed by atoms with Crippen LogP contribution in [0.25, 0.3) is 0 Å². The van der Waals surface area contributed by atoms with Crippen LogP contribution in [-0.4, -0.2) is 33.6 Å². The lowest BCUT2D eigenvalue weighted by Gasteiger charge is -2.15. The largest absolute Gasteiger partial charge is 0.481 e. The Morgan fingerprint density at radius 3 is 2.58 bits per heavy atom. The van der Waals surface area contributed by atoms with E-state index >= 15 is 0 Å². The number of carboxylic acids is 1. The van der Waals surface area contributed by atoms with Gasteiger partial charge in [0, 0.05) is 30.7 Å². The Morgan fingerprint density at radius 1 is 1.18 bits per heavy atom. The van der Waals surface area contributed by atoms with Gasteiger partial charge in [-0.25, -0.2) is 4.98 Å². The minimum absolute atomic E-state index is 0.136. The third-order valence-corrected chi connectivity index (χ3v) is 5.63. The molecule has 3 aromatic rings. The maximum absolute atomic E-state index is 13.1. The Bertz CT molecular complexity index is 1120. The van der Waals surface area contributed by atoms with Crippen LogP contribution >= 0.6 is 11.6 Å². The van der Waals surface area contributed by atoms with Gasteiger partial charge in [0.1, 0.15) is 0 Å². The van der Waals surface area contributed by atoms with Crippen LogP contribution in [0.15, 0.2) is 48.8 Å². The SMILES string of the molecule is COc1ccc(CCCn2ccc(C(=O)Nc3cc(CC(=O)O)ccc3Cl)c2C(C)C)cn1. The number of aromatic nitrogens is 2. The van der Waals surface area contributed by atoms with E-state index in [1.54, 1.807) is 25.3 Å². The summed E-state index contributed by atoms with van der Waals surface area (Å²) in [5.74, 6) is -0.488. The summed E-state index contributed by atoms with van der Waals surface area (Å²) in [7, 11) is 1.59. The van der Waals surface area contributed by atoms with Gasteiger partial charge in [0.25, 0.3) is 5.91 Å². The second kappa shape index (κ2) is 11.0. The van der Waals surface area contributed by atoms with Crippen LogP contribution in [0.5, 0.6) is 5.88 Å². The van der Waals surface area contributed by atoms with Crippen LogP contribution in [0.2, 0.25) is 5.02 Å². The maximum Gasteiger partial charge on any atom is 0.307 e. The average molecular weight is 470 g/mol. The normalized spacial score (nSPS) is 10.9. The molecule has 0 atom stereocenters. The van der Waals surface area contributed by atoms with Gasteiger partial charge in [-0.3, -0.25) is 9.59 Å². The van der Waals surface area contributed by atoms with Gasteiger partial charge in [-0.1, -0.05) is 37.6 Å². The molecule has 0 aliphatic carbocycles. The topological polar surface area (TPSA) is 93.5 Å². The number of hydrogen-bond donors (Lipinski definition) is 2. The molecule has 0 unspecified atom stereocenters. The number of anilines is 1. The predicted molar refractivity (Wildman–Crippen MR) is 128 cm³/mol. The Kier molecular flexibility index (Phi) is 8.11. The lowest BCUT2D eigenvalue weighted by molar-refractivity contribution is -0.136. The zero-order valence-electron chi connectivity index (χ0n) is 19.0. The molecule has 0 radical (unpaired) electrons. The molecule has 0 bridgehead atoms. The number of rotatable bonds is 10. The number of aliphatic carboxylic acids is 1. The van der Waals surface area contributed by atoms with Crippen molar-refractivity contribution in [2.75, 3.05) is 12.4 Å². The number of aryl methyl sites for hydroxylation is 2. The van der Waals surface area contributed by atoms with Crippen molar-refractivity contribution >= 4 is 29.2 Å². The monoisotopic (exact) mass is 469 g/mol. The first-order valence-corrected chi connectivity index (χ1v) is 11.2. The Hall–Kier alpha value is -3.32. The highest BCUT2D eigenvalue weighted by Gasteiger charge is 2.19. The molecule has 33 heavy (non-hydrogen) atoms. The molecule has 0 saturated carbocycles. The van der Waals surface area contributed by atoms with Crippen molar-refractivity contribution < 1.29 is 19.4 Å². The van der Waals surface area contributed by atoms with E-state index in [-0.39, 0.29) is 18.2 Å². The fraction of sp³-hybridized carbons (Fsp3) is 0.320. The van der Waals surface area contributed by atoms with Crippen molar-refractivity contribution in [2.45, 2.75) is 45.6 Å². The molecule has 174 valence electrons. The van der Waals surface area contributed by atoms with E-state index in [0.717, 1.165) is 30.6 Å². The number of ether oxygens (including phenoxy) is 1. The molecular formula is C25H28ClN3O4. The highest BCUT2D eigenvalue weighted by Crippen LogP contribution is 2.27. The van der Waals surface area contributed by atoms with E-state index in [9.17, 15) is 9.59 Å². The van der Waals surface area contributed by atoms with Gasteiger partial charge in [0.2, 0.25) is 5.88 Å². The molecule has 7 nitrogen and oxygen atoms in total. The van der Waals surface area contributed by atoms with Gasteiger partial charge >= 0.3 is 5.97 Å². The van der Waals surface area contributed by atoms with E-state index in [2.05, 4.69) is 28.7 Å². The number of amides is 1. The maximum atomic E-state index is 13.1. The lowest BCUT2D eigenvalue weighted by atomic mass is 10.0. The highest BCUT2D eigenvalue weighted by atomic mass is 35.5. The molecule has 1 amide bonds. The summed E-state index contributed by atoms with van der Waals surface area (Å²) >= 11 is 6.24. The van der Waals surface area contributed by atoms with E-state index < -0.39 is 5.97 Å². The highest BCUT2D eigenvalue weighted by molar-refractivity contribution is 6.34. The fourth-order valence-corrected chi connectivity index (χ4v) is 3.95. The van der Waals surface area contributed by atoms with E-state index in [1.165, 1.54) is 0 Å². The van der Waals surface area contributed by atoms with Gasteiger partial charge in [0.05, 0.1) is 29.8 Å². The molecule has 2 N–H and O–H groups in total. The van der Waals surface area contributed by atoms with E-state index in [1.807, 2.05) is 30.6 Å². The van der Waals surface area contributed by atoms with Crippen LogP contribution < -0.4 is 10.1 Å². The van der Waals surface area contributed by atoms with Crippen molar-refractivity contribution in [1.82, 2.24) is 9.55 Å². The van der Waals surface area contributed by atoms with Crippen LogP contribution in [0.4, 0.5) is 5.69 Å². The number of carboxylic acid groups (broad SMARTS) is 1. The molecule has 0 spiro atoms. The number of carbonyl (C=O) groups excluding carboxylic acids is 1. The molecule has 1 aromatic carbocycles. The summed E-state index contributed by atoms with van der Waals surface area (Å²) in [5, 5.41) is 12.2. The number of hydrogen-bond acceptors (Lipinski definition) is 4. The van der Waals surface area contributed by atoms with E-state index in [0.29, 0.717) is 27.7 Å². The van der Waals surface area contributed by atoms with Crippen molar-refractivity contribution in [1.29, 1.82) is 0 Å². The second-order valence-electron chi connectivity index (χ2n) is 8.11. The minimum atomic E-state index is -0.945. The molecule has 3 rings (SSSR count). The first-order valence-electron chi connectivity index (χ1n) is 10.8. The third-order valence-electron chi connectivity index (χ3n) is 5.30. The number of carbonyl (C=O) groups is 2. The lowest BCUT2D eigenvalue weighted by Crippen LogP contribution is -2.16. The Morgan fingerprint density at radius 2 is 1.94 bits per heavy atom. The predicted octanol–water partition coefficient (Wildman–Crippen LogP) is 5.18. The first kappa shape index (κ1) is 24.3. The smallest absolute Gasteiger partial charge is 0.307 e. The molecule has 2 heterocycles. The van der Waals surface area contributed by atoms with Crippen LogP contribution in [0.1, 0.15) is 53.4 Å². The van der Waals surface area contributed by atoms with Crippen molar-refractivity contribution in [3.63, 3.8) is 0 Å². The Balaban J connectivity index is 1.72. The van der Waals surface area contributed by atoms with Crippen LogP contribution in [0, 0.1) is 0 Å². The quantitative estimate of drug-likeness (QED) is 0.426. The standard InChI is InChI=1S/C25H28ClN3O4/c1-16(2)24-19(25(32)28-21-13-18(14-23(30)31)6-8-20(21)26)10-12-29(24)11-4-5-17-7-9-22(33-3)27-15-17/h6-10,12-13,15-16H,4-5,11,14H2,1-3H3,(H,28,32)(H,30,31). The summed E-state index contributed by atoms with van der Waals surface area (Å²) in [4.78, 5) is 28.3. The summed E-state index contributed by atoms with van der Waals surface area (Å²) in [6.45, 7) is 4.87. The zero-order valence-corrected chi connectivity index (χ0v) is 19.7. The van der Waals surface area contributed by atoms with Gasteiger partial charge in [-0.15, -0.1) is 0 Å². The number of halogens is 1. The fourth-order valence-electron chi connectivity index (χ4n) is 3.79. The van der Waals surface area contributed by atoms with E-state index in [4.69, 9.17) is 21.4 Å². The molecular weight excluding hydrogens is 442 g/mol. The van der Waals surface area contributed by atoms with Crippen molar-refractivity contribution in [2.24, 2.45) is 0 Å². The van der Waals surface area contributed by atoms with Gasteiger partial charge in [-0.2, -0.15) is 0 Å². The van der Waals surface area contributed by atoms with Gasteiger partial charge in [0.15, 0.2) is 0 Å².